The predicted octanol–water partition coefficient (Wildman–Crippen LogP) is 2.01. The monoisotopic (exact) mass is 394 g/mol. The van der Waals surface area contributed by atoms with E-state index in [-0.39, 0.29) is 23.9 Å². The molecule has 0 saturated carbocycles. The number of aromatic nitrogens is 1. The van der Waals surface area contributed by atoms with Crippen molar-refractivity contribution in [2.75, 3.05) is 13.1 Å². The van der Waals surface area contributed by atoms with E-state index < -0.39 is 17.6 Å². The molecule has 6 nitrogen and oxygen atoms in total. The highest BCUT2D eigenvalue weighted by atomic mass is 19.4. The van der Waals surface area contributed by atoms with Gasteiger partial charge in [0.25, 0.3) is 5.91 Å². The molecule has 2 heterocycles. The molecule has 1 aliphatic heterocycles. The minimum absolute atomic E-state index is 0.0166. The molecule has 1 fully saturated rings. The van der Waals surface area contributed by atoms with E-state index in [9.17, 15) is 22.8 Å². The molecule has 9 heteroatoms. The summed E-state index contributed by atoms with van der Waals surface area (Å²) in [6.07, 6.45) is 0.285. The van der Waals surface area contributed by atoms with Crippen molar-refractivity contribution in [2.45, 2.75) is 31.5 Å². The van der Waals surface area contributed by atoms with Gasteiger partial charge in [-0.05, 0) is 49.2 Å². The summed E-state index contributed by atoms with van der Waals surface area (Å²) in [5, 5.41) is 6.13. The van der Waals surface area contributed by atoms with E-state index in [0.29, 0.717) is 17.8 Å². The lowest BCUT2D eigenvalue weighted by Gasteiger charge is -2.23. The van der Waals surface area contributed by atoms with Gasteiger partial charge in [-0.15, -0.1) is 0 Å². The number of piperidine rings is 1. The van der Waals surface area contributed by atoms with E-state index in [1.807, 2.05) is 0 Å². The summed E-state index contributed by atoms with van der Waals surface area (Å²) in [7, 11) is 0. The summed E-state index contributed by atoms with van der Waals surface area (Å²) in [5.41, 5.74) is 5.67. The Bertz CT molecular complexity index is 853. The first kappa shape index (κ1) is 19.9. The third kappa shape index (κ3) is 4.72. The largest absolute Gasteiger partial charge is 0.416 e. The van der Waals surface area contributed by atoms with Crippen LogP contribution in [0.15, 0.2) is 36.7 Å². The van der Waals surface area contributed by atoms with Crippen molar-refractivity contribution >= 4 is 11.8 Å². The number of nitrogens with one attached hydrogen (secondary N) is 2. The zero-order valence-electron chi connectivity index (χ0n) is 15.1. The first-order chi connectivity index (χ1) is 13.2. The third-order valence-corrected chi connectivity index (χ3v) is 4.64. The van der Waals surface area contributed by atoms with Crippen molar-refractivity contribution in [3.63, 3.8) is 0 Å². The molecule has 1 aromatic carbocycles. The van der Waals surface area contributed by atoms with Gasteiger partial charge < -0.3 is 20.9 Å². The number of nitrogens with zero attached hydrogens (tertiary/aromatic N) is 1. The highest BCUT2D eigenvalue weighted by Gasteiger charge is 2.30. The molecule has 0 aliphatic carbocycles. The lowest BCUT2D eigenvalue weighted by atomic mass is 10.1. The lowest BCUT2D eigenvalue weighted by Crippen LogP contribution is -2.45. The molecule has 0 spiro atoms. The minimum Gasteiger partial charge on any atom is -0.369 e. The molecule has 0 radical (unpaired) electrons. The zero-order chi connectivity index (χ0) is 20.3. The maximum Gasteiger partial charge on any atom is 0.416 e. The molecule has 150 valence electrons. The van der Waals surface area contributed by atoms with Gasteiger partial charge in [0.2, 0.25) is 5.91 Å². The molecule has 1 saturated heterocycles. The van der Waals surface area contributed by atoms with Gasteiger partial charge in [0.05, 0.1) is 17.5 Å². The number of amides is 2. The van der Waals surface area contributed by atoms with Gasteiger partial charge in [-0.3, -0.25) is 9.59 Å². The third-order valence-electron chi connectivity index (χ3n) is 4.64. The molecular weight excluding hydrogens is 373 g/mol. The second kappa shape index (κ2) is 8.05. The second-order valence-electron chi connectivity index (χ2n) is 6.81. The van der Waals surface area contributed by atoms with Crippen LogP contribution in [0, 0.1) is 0 Å². The van der Waals surface area contributed by atoms with E-state index in [0.717, 1.165) is 31.5 Å². The van der Waals surface area contributed by atoms with Gasteiger partial charge in [0.1, 0.15) is 0 Å². The van der Waals surface area contributed by atoms with Crippen molar-refractivity contribution < 1.29 is 22.8 Å². The van der Waals surface area contributed by atoms with Crippen molar-refractivity contribution in [1.82, 2.24) is 15.2 Å². The van der Waals surface area contributed by atoms with Crippen LogP contribution in [-0.4, -0.2) is 35.5 Å². The van der Waals surface area contributed by atoms with E-state index in [1.165, 1.54) is 22.9 Å². The fourth-order valence-electron chi connectivity index (χ4n) is 3.24. The highest BCUT2D eigenvalue weighted by Crippen LogP contribution is 2.30. The zero-order valence-corrected chi connectivity index (χ0v) is 15.1. The molecule has 28 heavy (non-hydrogen) atoms. The lowest BCUT2D eigenvalue weighted by molar-refractivity contribution is -0.137. The minimum atomic E-state index is -4.43. The van der Waals surface area contributed by atoms with Crippen molar-refractivity contribution in [3.05, 3.63) is 53.3 Å². The van der Waals surface area contributed by atoms with Crippen LogP contribution in [0.25, 0.3) is 5.69 Å². The molecule has 2 aromatic rings. The molecule has 4 N–H and O–H groups in total. The summed E-state index contributed by atoms with van der Waals surface area (Å²) in [6.45, 7) is 1.57. The van der Waals surface area contributed by atoms with Crippen molar-refractivity contribution in [1.29, 1.82) is 0 Å². The maximum absolute atomic E-state index is 12.7. The average molecular weight is 394 g/mol. The summed E-state index contributed by atoms with van der Waals surface area (Å²) in [6, 6.07) is 4.54. The van der Waals surface area contributed by atoms with Gasteiger partial charge in [-0.25, -0.2) is 0 Å². The van der Waals surface area contributed by atoms with Gasteiger partial charge in [-0.2, -0.15) is 13.2 Å². The van der Waals surface area contributed by atoms with Crippen LogP contribution in [0.1, 0.15) is 34.3 Å². The molecule has 2 amide bonds. The number of primary amides is 1. The number of hydrogen-bond acceptors (Lipinski definition) is 3. The first-order valence-electron chi connectivity index (χ1n) is 8.92. The summed E-state index contributed by atoms with van der Waals surface area (Å²) < 4.78 is 39.8. The van der Waals surface area contributed by atoms with Crippen LogP contribution in [-0.2, 0) is 17.4 Å². The Morgan fingerprint density at radius 3 is 2.50 bits per heavy atom. The molecular formula is C19H21F3N4O2. The number of nitrogens with two attached hydrogens (primary N) is 1. The number of halogens is 3. The molecule has 1 aliphatic rings. The van der Waals surface area contributed by atoms with Crippen LogP contribution in [0.3, 0.4) is 0 Å². The normalized spacial score (nSPS) is 17.3. The molecule has 0 unspecified atom stereocenters. The standard InChI is InChI=1S/C19H21F3N4O2/c20-19(21,22)13-3-5-15(6-4-13)26-10-12(8-17(23)27)16(11-26)18(28)25-14-2-1-7-24-9-14/h3-6,10-11,14,24H,1-2,7-9H2,(H2,23,27)(H,25,28)/t14-/m0/s1. The van der Waals surface area contributed by atoms with E-state index in [1.54, 1.807) is 6.20 Å². The Kier molecular flexibility index (Phi) is 5.73. The average Bonchev–Trinajstić information content (AvgIpc) is 3.05. The molecule has 1 aromatic heterocycles. The number of benzene rings is 1. The fraction of sp³-hybridized carbons (Fsp3) is 0.368. The SMILES string of the molecule is NC(=O)Cc1cn(-c2ccc(C(F)(F)F)cc2)cc1C(=O)N[C@H]1CCCNC1. The fourth-order valence-corrected chi connectivity index (χ4v) is 3.24. The molecule has 3 rings (SSSR count). The van der Waals surface area contributed by atoms with E-state index in [2.05, 4.69) is 10.6 Å². The Hall–Kier alpha value is -2.81. The number of rotatable bonds is 5. The topological polar surface area (TPSA) is 89.2 Å². The number of hydrogen-bond donors (Lipinski definition) is 3. The smallest absolute Gasteiger partial charge is 0.369 e. The molecule has 0 bridgehead atoms. The summed E-state index contributed by atoms with van der Waals surface area (Å²) >= 11 is 0. The Labute approximate surface area is 159 Å². The highest BCUT2D eigenvalue weighted by molar-refractivity contribution is 5.97. The van der Waals surface area contributed by atoms with Gasteiger partial charge in [0, 0.05) is 30.7 Å². The van der Waals surface area contributed by atoms with Crippen LogP contribution in [0.5, 0.6) is 0 Å². The van der Waals surface area contributed by atoms with Crippen LogP contribution in [0.2, 0.25) is 0 Å². The quantitative estimate of drug-likeness (QED) is 0.725. The number of alkyl halides is 3. The van der Waals surface area contributed by atoms with E-state index >= 15 is 0 Å². The van der Waals surface area contributed by atoms with Crippen LogP contribution in [0.4, 0.5) is 13.2 Å². The van der Waals surface area contributed by atoms with Crippen molar-refractivity contribution in [3.8, 4) is 5.69 Å². The van der Waals surface area contributed by atoms with Gasteiger partial charge in [0.15, 0.2) is 0 Å². The predicted molar refractivity (Wildman–Crippen MR) is 97.0 cm³/mol. The Morgan fingerprint density at radius 2 is 1.93 bits per heavy atom. The number of carbonyl (C=O) groups is 2. The first-order valence-corrected chi connectivity index (χ1v) is 8.92. The maximum atomic E-state index is 12.7. The summed E-state index contributed by atoms with van der Waals surface area (Å²) in [4.78, 5) is 24.1. The van der Waals surface area contributed by atoms with Crippen LogP contribution >= 0.6 is 0 Å². The Morgan fingerprint density at radius 1 is 1.21 bits per heavy atom. The van der Waals surface area contributed by atoms with Gasteiger partial charge in [-0.1, -0.05) is 0 Å². The van der Waals surface area contributed by atoms with E-state index in [4.69, 9.17) is 5.73 Å². The van der Waals surface area contributed by atoms with Crippen molar-refractivity contribution in [2.24, 2.45) is 5.73 Å². The molecule has 1 atom stereocenters. The summed E-state index contributed by atoms with van der Waals surface area (Å²) in [5.74, 6) is -0.936. The van der Waals surface area contributed by atoms with Gasteiger partial charge >= 0.3 is 6.18 Å². The Balaban J connectivity index is 1.86. The van der Waals surface area contributed by atoms with Crippen LogP contribution < -0.4 is 16.4 Å². The second-order valence-corrected chi connectivity index (χ2v) is 6.81. The number of carbonyl (C=O) groups excluding carboxylic acids is 2.